The second-order valence-corrected chi connectivity index (χ2v) is 5.73. The molecule has 1 fully saturated rings. The molecule has 0 aromatic rings. The molecule has 0 amide bonds. The summed E-state index contributed by atoms with van der Waals surface area (Å²) in [5.74, 6) is 0. The lowest BCUT2D eigenvalue weighted by molar-refractivity contribution is 0.396. The normalized spacial score (nSPS) is 49.2. The molecule has 0 spiro atoms. The molecule has 0 bridgehead atoms. The van der Waals surface area contributed by atoms with Gasteiger partial charge in [-0.1, -0.05) is 6.92 Å². The molecule has 1 rings (SSSR count). The lowest BCUT2D eigenvalue weighted by Gasteiger charge is -2.39. The molecular formula is C8H12Cl4. The predicted molar refractivity (Wildman–Crippen MR) is 57.0 cm³/mol. The summed E-state index contributed by atoms with van der Waals surface area (Å²) in [6.07, 6.45) is 2.25. The lowest BCUT2D eigenvalue weighted by atomic mass is 9.85. The minimum Gasteiger partial charge on any atom is -0.121 e. The Bertz CT molecular complexity index is 161. The van der Waals surface area contributed by atoms with Gasteiger partial charge >= 0.3 is 0 Å². The van der Waals surface area contributed by atoms with Crippen LogP contribution in [0.3, 0.4) is 0 Å². The van der Waals surface area contributed by atoms with E-state index in [4.69, 9.17) is 46.4 Å². The predicted octanol–water partition coefficient (Wildman–Crippen LogP) is 3.99. The molecule has 72 valence electrons. The van der Waals surface area contributed by atoms with Crippen LogP contribution in [0.1, 0.15) is 26.2 Å². The Kier molecular flexibility index (Phi) is 3.86. The Morgan fingerprint density at radius 3 is 2.33 bits per heavy atom. The van der Waals surface area contributed by atoms with E-state index in [-0.39, 0.29) is 21.0 Å². The number of rotatable bonds is 1. The highest BCUT2D eigenvalue weighted by Gasteiger charge is 2.43. The maximum absolute atomic E-state index is 6.30. The van der Waals surface area contributed by atoms with E-state index in [1.165, 1.54) is 0 Å². The van der Waals surface area contributed by atoms with Crippen molar-refractivity contribution in [3.05, 3.63) is 0 Å². The second kappa shape index (κ2) is 4.13. The van der Waals surface area contributed by atoms with Gasteiger partial charge in [-0.15, -0.1) is 46.4 Å². The van der Waals surface area contributed by atoms with Crippen molar-refractivity contribution in [1.82, 2.24) is 0 Å². The molecule has 4 atom stereocenters. The molecule has 0 aromatic heterocycles. The minimum absolute atomic E-state index is 0.0346. The third-order valence-electron chi connectivity index (χ3n) is 2.51. The average molecular weight is 250 g/mol. The molecule has 0 heterocycles. The Labute approximate surface area is 93.5 Å². The van der Waals surface area contributed by atoms with Crippen molar-refractivity contribution >= 4 is 46.4 Å². The minimum atomic E-state index is -0.348. The van der Waals surface area contributed by atoms with Gasteiger partial charge in [0.1, 0.15) is 0 Å². The van der Waals surface area contributed by atoms with E-state index >= 15 is 0 Å². The fraction of sp³-hybridized carbons (Fsp3) is 1.00. The van der Waals surface area contributed by atoms with Crippen LogP contribution in [0.2, 0.25) is 0 Å². The summed E-state index contributed by atoms with van der Waals surface area (Å²) in [6, 6.07) is 0. The van der Waals surface area contributed by atoms with Crippen molar-refractivity contribution in [3.8, 4) is 0 Å². The van der Waals surface area contributed by atoms with Crippen LogP contribution >= 0.6 is 46.4 Å². The van der Waals surface area contributed by atoms with Crippen LogP contribution in [-0.2, 0) is 0 Å². The van der Waals surface area contributed by atoms with Gasteiger partial charge < -0.3 is 0 Å². The van der Waals surface area contributed by atoms with Gasteiger partial charge in [-0.2, -0.15) is 0 Å². The number of hydrogen-bond donors (Lipinski definition) is 0. The van der Waals surface area contributed by atoms with Crippen LogP contribution < -0.4 is 0 Å². The molecule has 12 heavy (non-hydrogen) atoms. The smallest absolute Gasteiger partial charge is 0.0622 e. The second-order valence-electron chi connectivity index (χ2n) is 3.33. The van der Waals surface area contributed by atoms with Crippen molar-refractivity contribution in [2.75, 3.05) is 0 Å². The summed E-state index contributed by atoms with van der Waals surface area (Å²) in [5.41, 5.74) is 0. The van der Waals surface area contributed by atoms with Crippen LogP contribution in [0.25, 0.3) is 0 Å². The monoisotopic (exact) mass is 248 g/mol. The van der Waals surface area contributed by atoms with Gasteiger partial charge in [-0.25, -0.2) is 0 Å². The van der Waals surface area contributed by atoms with E-state index in [1.54, 1.807) is 0 Å². The highest BCUT2D eigenvalue weighted by atomic mass is 35.5. The maximum Gasteiger partial charge on any atom is 0.0622 e. The summed E-state index contributed by atoms with van der Waals surface area (Å²) in [5, 5.41) is -0.131. The standard InChI is InChI=1S/C8H12Cl4/c1-2-8(12)4-6(10)5(9)3-7(8)11/h5-7H,2-4H2,1H3/t5-,6-,7+,8+/m1/s1. The summed E-state index contributed by atoms with van der Waals surface area (Å²) in [4.78, 5) is -0.348. The third-order valence-corrected chi connectivity index (χ3v) is 4.97. The Hall–Kier alpha value is 1.16. The van der Waals surface area contributed by atoms with Gasteiger partial charge in [0.15, 0.2) is 0 Å². The zero-order valence-corrected chi connectivity index (χ0v) is 9.89. The Morgan fingerprint density at radius 2 is 1.83 bits per heavy atom. The average Bonchev–Trinajstić information content (AvgIpc) is 2.01. The fourth-order valence-electron chi connectivity index (χ4n) is 1.50. The van der Waals surface area contributed by atoms with E-state index < -0.39 is 0 Å². The molecule has 0 saturated heterocycles. The molecule has 0 radical (unpaired) electrons. The van der Waals surface area contributed by atoms with E-state index in [0.717, 1.165) is 6.42 Å². The van der Waals surface area contributed by atoms with Gasteiger partial charge in [0, 0.05) is 0 Å². The first-order valence-corrected chi connectivity index (χ1v) is 5.79. The summed E-state index contributed by atoms with van der Waals surface area (Å²) < 4.78 is 0. The highest BCUT2D eigenvalue weighted by Crippen LogP contribution is 2.43. The molecule has 0 N–H and O–H groups in total. The third kappa shape index (κ3) is 2.15. The molecular weight excluding hydrogens is 238 g/mol. The number of hydrogen-bond acceptors (Lipinski definition) is 0. The maximum atomic E-state index is 6.30. The molecule has 1 saturated carbocycles. The molecule has 0 aliphatic heterocycles. The lowest BCUT2D eigenvalue weighted by Crippen LogP contribution is -2.44. The van der Waals surface area contributed by atoms with Crippen LogP contribution in [0.4, 0.5) is 0 Å². The van der Waals surface area contributed by atoms with Crippen molar-refractivity contribution in [3.63, 3.8) is 0 Å². The van der Waals surface area contributed by atoms with Crippen LogP contribution in [0.15, 0.2) is 0 Å². The van der Waals surface area contributed by atoms with Crippen molar-refractivity contribution in [1.29, 1.82) is 0 Å². The highest BCUT2D eigenvalue weighted by molar-refractivity contribution is 6.36. The van der Waals surface area contributed by atoms with E-state index in [9.17, 15) is 0 Å². The molecule has 0 nitrogen and oxygen atoms in total. The van der Waals surface area contributed by atoms with Crippen molar-refractivity contribution in [2.24, 2.45) is 0 Å². The van der Waals surface area contributed by atoms with Crippen molar-refractivity contribution < 1.29 is 0 Å². The first kappa shape index (κ1) is 11.2. The van der Waals surface area contributed by atoms with Gasteiger partial charge in [-0.05, 0) is 19.3 Å². The first-order chi connectivity index (χ1) is 5.49. The largest absolute Gasteiger partial charge is 0.121 e. The summed E-state index contributed by atoms with van der Waals surface area (Å²) in [7, 11) is 0. The van der Waals surface area contributed by atoms with Gasteiger partial charge in [0.05, 0.1) is 21.0 Å². The fourth-order valence-corrected chi connectivity index (χ4v) is 3.01. The zero-order chi connectivity index (χ0) is 9.35. The Balaban J connectivity index is 2.67. The molecule has 1 aliphatic rings. The van der Waals surface area contributed by atoms with Gasteiger partial charge in [-0.3, -0.25) is 0 Å². The van der Waals surface area contributed by atoms with E-state index in [0.29, 0.717) is 12.8 Å². The van der Waals surface area contributed by atoms with Gasteiger partial charge in [0.25, 0.3) is 0 Å². The molecule has 0 aromatic carbocycles. The van der Waals surface area contributed by atoms with E-state index in [2.05, 4.69) is 0 Å². The molecule has 1 aliphatic carbocycles. The van der Waals surface area contributed by atoms with Crippen LogP contribution in [0.5, 0.6) is 0 Å². The SMILES string of the molecule is CC[C@]1(Cl)C[C@@H](Cl)[C@H](Cl)C[C@@H]1Cl. The van der Waals surface area contributed by atoms with Crippen LogP contribution in [0, 0.1) is 0 Å². The molecule has 0 unspecified atom stereocenters. The summed E-state index contributed by atoms with van der Waals surface area (Å²) >= 11 is 24.4. The zero-order valence-electron chi connectivity index (χ0n) is 6.87. The summed E-state index contributed by atoms with van der Waals surface area (Å²) in [6.45, 7) is 2.03. The molecule has 4 heteroatoms. The Morgan fingerprint density at radius 1 is 1.25 bits per heavy atom. The topological polar surface area (TPSA) is 0 Å². The number of halogens is 4. The number of alkyl halides is 4. The van der Waals surface area contributed by atoms with Crippen LogP contribution in [-0.4, -0.2) is 21.0 Å². The van der Waals surface area contributed by atoms with Crippen molar-refractivity contribution in [2.45, 2.75) is 47.2 Å². The van der Waals surface area contributed by atoms with Gasteiger partial charge in [0.2, 0.25) is 0 Å². The quantitative estimate of drug-likeness (QED) is 0.617. The first-order valence-electron chi connectivity index (χ1n) is 4.10. The van der Waals surface area contributed by atoms with E-state index in [1.807, 2.05) is 6.92 Å².